The van der Waals surface area contributed by atoms with Crippen LogP contribution in [0.25, 0.3) is 0 Å². The van der Waals surface area contributed by atoms with Crippen LogP contribution in [-0.4, -0.2) is 44.8 Å². The molecule has 1 saturated heterocycles. The van der Waals surface area contributed by atoms with Crippen molar-refractivity contribution < 1.29 is 14.7 Å². The maximum absolute atomic E-state index is 12.3. The van der Waals surface area contributed by atoms with Gasteiger partial charge in [0.1, 0.15) is 5.56 Å². The van der Waals surface area contributed by atoms with E-state index in [1.54, 1.807) is 11.9 Å². The quantitative estimate of drug-likeness (QED) is 0.850. The molecule has 1 aromatic rings. The van der Waals surface area contributed by atoms with Crippen molar-refractivity contribution in [2.24, 2.45) is 13.0 Å². The van der Waals surface area contributed by atoms with Crippen LogP contribution in [0.2, 0.25) is 0 Å². The van der Waals surface area contributed by atoms with Crippen molar-refractivity contribution in [3.05, 3.63) is 17.5 Å². The lowest BCUT2D eigenvalue weighted by atomic mass is 10.00. The Bertz CT molecular complexity index is 481. The number of aromatic carboxylic acids is 1. The average Bonchev–Trinajstić information content (AvgIpc) is 2.70. The van der Waals surface area contributed by atoms with Crippen molar-refractivity contribution in [3.63, 3.8) is 0 Å². The predicted octanol–water partition coefficient (Wildman–Crippen LogP) is 0.990. The molecule has 98 valence electrons. The van der Waals surface area contributed by atoms with Crippen molar-refractivity contribution in [3.8, 4) is 0 Å². The van der Waals surface area contributed by atoms with Gasteiger partial charge in [0.15, 0.2) is 5.69 Å². The molecule has 1 aliphatic heterocycles. The molecule has 1 fully saturated rings. The molecule has 1 aromatic heterocycles. The smallest absolute Gasteiger partial charge is 0.339 e. The SMILES string of the molecule is CC1CCCN(C(=O)c2nn(C)cc2C(=O)O)C1. The average molecular weight is 251 g/mol. The minimum Gasteiger partial charge on any atom is -0.478 e. The standard InChI is InChI=1S/C12H17N3O3/c1-8-4-3-5-15(6-8)11(16)10-9(12(17)18)7-14(2)13-10/h7-8H,3-6H2,1-2H3,(H,17,18). The van der Waals surface area contributed by atoms with Gasteiger partial charge in [0.25, 0.3) is 5.91 Å². The number of amides is 1. The van der Waals surface area contributed by atoms with Gasteiger partial charge < -0.3 is 10.0 Å². The second-order valence-corrected chi connectivity index (χ2v) is 4.87. The van der Waals surface area contributed by atoms with E-state index in [4.69, 9.17) is 5.11 Å². The predicted molar refractivity (Wildman–Crippen MR) is 64.5 cm³/mol. The van der Waals surface area contributed by atoms with Gasteiger partial charge in [-0.3, -0.25) is 9.48 Å². The fourth-order valence-corrected chi connectivity index (χ4v) is 2.33. The van der Waals surface area contributed by atoms with Crippen LogP contribution in [0.15, 0.2) is 6.20 Å². The number of rotatable bonds is 2. The summed E-state index contributed by atoms with van der Waals surface area (Å²) < 4.78 is 1.37. The van der Waals surface area contributed by atoms with E-state index < -0.39 is 5.97 Å². The van der Waals surface area contributed by atoms with Crippen molar-refractivity contribution >= 4 is 11.9 Å². The zero-order valence-electron chi connectivity index (χ0n) is 10.6. The molecule has 0 bridgehead atoms. The van der Waals surface area contributed by atoms with Crippen LogP contribution < -0.4 is 0 Å². The highest BCUT2D eigenvalue weighted by molar-refractivity contribution is 6.03. The number of aryl methyl sites for hydroxylation is 1. The first-order chi connectivity index (χ1) is 8.49. The van der Waals surface area contributed by atoms with Crippen molar-refractivity contribution in [2.75, 3.05) is 13.1 Å². The Morgan fingerprint density at radius 3 is 2.83 bits per heavy atom. The lowest BCUT2D eigenvalue weighted by Crippen LogP contribution is -2.39. The molecule has 1 unspecified atom stereocenters. The molecule has 1 atom stereocenters. The first-order valence-electron chi connectivity index (χ1n) is 6.05. The second kappa shape index (κ2) is 4.80. The van der Waals surface area contributed by atoms with Gasteiger partial charge >= 0.3 is 5.97 Å². The Hall–Kier alpha value is -1.85. The number of hydrogen-bond acceptors (Lipinski definition) is 3. The summed E-state index contributed by atoms with van der Waals surface area (Å²) in [5.74, 6) is -0.934. The van der Waals surface area contributed by atoms with E-state index in [1.165, 1.54) is 10.9 Å². The van der Waals surface area contributed by atoms with E-state index in [0.717, 1.165) is 12.8 Å². The summed E-state index contributed by atoms with van der Waals surface area (Å²) in [7, 11) is 1.61. The Morgan fingerprint density at radius 2 is 2.22 bits per heavy atom. The number of piperidine rings is 1. The third-order valence-corrected chi connectivity index (χ3v) is 3.21. The Labute approximate surface area is 105 Å². The Kier molecular flexibility index (Phi) is 3.36. The maximum atomic E-state index is 12.3. The minimum atomic E-state index is -1.11. The molecule has 0 saturated carbocycles. The summed E-state index contributed by atoms with van der Waals surface area (Å²) in [5.41, 5.74) is 0.0137. The van der Waals surface area contributed by atoms with Crippen LogP contribution in [0.5, 0.6) is 0 Å². The van der Waals surface area contributed by atoms with Crippen LogP contribution in [-0.2, 0) is 7.05 Å². The van der Waals surface area contributed by atoms with Crippen LogP contribution >= 0.6 is 0 Å². The summed E-state index contributed by atoms with van der Waals surface area (Å²) in [5, 5.41) is 13.0. The van der Waals surface area contributed by atoms with Gasteiger partial charge in [-0.2, -0.15) is 5.10 Å². The normalized spacial score (nSPS) is 19.9. The molecular weight excluding hydrogens is 234 g/mol. The van der Waals surface area contributed by atoms with Crippen LogP contribution in [0.1, 0.15) is 40.6 Å². The van der Waals surface area contributed by atoms with Gasteiger partial charge in [-0.05, 0) is 18.8 Å². The number of hydrogen-bond donors (Lipinski definition) is 1. The van der Waals surface area contributed by atoms with Gasteiger partial charge in [-0.15, -0.1) is 0 Å². The zero-order chi connectivity index (χ0) is 13.3. The molecule has 2 heterocycles. The lowest BCUT2D eigenvalue weighted by Gasteiger charge is -2.30. The topological polar surface area (TPSA) is 75.4 Å². The molecule has 0 aromatic carbocycles. The molecule has 1 amide bonds. The van der Waals surface area contributed by atoms with Gasteiger partial charge in [0.05, 0.1) is 0 Å². The van der Waals surface area contributed by atoms with Gasteiger partial charge in [0.2, 0.25) is 0 Å². The maximum Gasteiger partial charge on any atom is 0.339 e. The first-order valence-corrected chi connectivity index (χ1v) is 6.05. The van der Waals surface area contributed by atoms with E-state index in [1.807, 2.05) is 0 Å². The highest BCUT2D eigenvalue weighted by Crippen LogP contribution is 2.18. The van der Waals surface area contributed by atoms with Crippen LogP contribution in [0.3, 0.4) is 0 Å². The highest BCUT2D eigenvalue weighted by atomic mass is 16.4. The third kappa shape index (κ3) is 2.37. The molecule has 6 heteroatoms. The van der Waals surface area contributed by atoms with Gasteiger partial charge in [-0.1, -0.05) is 6.92 Å². The van der Waals surface area contributed by atoms with Crippen LogP contribution in [0.4, 0.5) is 0 Å². The van der Waals surface area contributed by atoms with E-state index in [-0.39, 0.29) is 17.2 Å². The number of carboxylic acid groups (broad SMARTS) is 1. The molecule has 0 radical (unpaired) electrons. The highest BCUT2D eigenvalue weighted by Gasteiger charge is 2.28. The number of likely N-dealkylation sites (tertiary alicyclic amines) is 1. The number of nitrogens with zero attached hydrogens (tertiary/aromatic N) is 3. The van der Waals surface area contributed by atoms with E-state index >= 15 is 0 Å². The molecule has 1 N–H and O–H groups in total. The Morgan fingerprint density at radius 1 is 1.50 bits per heavy atom. The van der Waals surface area contributed by atoms with Gasteiger partial charge in [-0.25, -0.2) is 4.79 Å². The summed E-state index contributed by atoms with van der Waals surface area (Å²) in [6.45, 7) is 3.45. The Balaban J connectivity index is 2.25. The molecule has 2 rings (SSSR count). The largest absolute Gasteiger partial charge is 0.478 e. The van der Waals surface area contributed by atoms with Gasteiger partial charge in [0, 0.05) is 26.3 Å². The van der Waals surface area contributed by atoms with E-state index in [2.05, 4.69) is 12.0 Å². The summed E-state index contributed by atoms with van der Waals surface area (Å²) >= 11 is 0. The fourth-order valence-electron chi connectivity index (χ4n) is 2.33. The third-order valence-electron chi connectivity index (χ3n) is 3.21. The molecule has 0 aliphatic carbocycles. The molecule has 0 spiro atoms. The van der Waals surface area contributed by atoms with Crippen molar-refractivity contribution in [1.29, 1.82) is 0 Å². The van der Waals surface area contributed by atoms with E-state index in [9.17, 15) is 9.59 Å². The monoisotopic (exact) mass is 251 g/mol. The van der Waals surface area contributed by atoms with E-state index in [0.29, 0.717) is 19.0 Å². The van der Waals surface area contributed by atoms with Crippen molar-refractivity contribution in [2.45, 2.75) is 19.8 Å². The summed E-state index contributed by atoms with van der Waals surface area (Å²) in [6, 6.07) is 0. The summed E-state index contributed by atoms with van der Waals surface area (Å²) in [4.78, 5) is 25.0. The number of carbonyl (C=O) groups excluding carboxylic acids is 1. The van der Waals surface area contributed by atoms with Crippen molar-refractivity contribution in [1.82, 2.24) is 14.7 Å². The van der Waals surface area contributed by atoms with Crippen LogP contribution in [0, 0.1) is 5.92 Å². The number of aromatic nitrogens is 2. The fraction of sp³-hybridized carbons (Fsp3) is 0.583. The molecule has 6 nitrogen and oxygen atoms in total. The molecular formula is C12H17N3O3. The lowest BCUT2D eigenvalue weighted by molar-refractivity contribution is 0.0644. The second-order valence-electron chi connectivity index (χ2n) is 4.87. The summed E-state index contributed by atoms with van der Waals surface area (Å²) in [6.07, 6.45) is 3.43. The number of carbonyl (C=O) groups is 2. The molecule has 18 heavy (non-hydrogen) atoms. The molecule has 1 aliphatic rings. The minimum absolute atomic E-state index is 0.0271. The first kappa shape index (κ1) is 12.6. The number of carboxylic acids is 1. The zero-order valence-corrected chi connectivity index (χ0v) is 10.6.